The molecule has 70 valence electrons. The molecule has 1 saturated heterocycles. The highest BCUT2D eigenvalue weighted by molar-refractivity contribution is 4.86. The molecule has 2 nitrogen and oxygen atoms in total. The van der Waals surface area contributed by atoms with Gasteiger partial charge >= 0.3 is 0 Å². The molecule has 1 heterocycles. The summed E-state index contributed by atoms with van der Waals surface area (Å²) in [5.41, 5.74) is 5.37. The summed E-state index contributed by atoms with van der Waals surface area (Å²) in [7, 11) is 0. The van der Waals surface area contributed by atoms with Crippen molar-refractivity contribution in [2.24, 2.45) is 11.7 Å². The van der Waals surface area contributed by atoms with Gasteiger partial charge in [-0.15, -0.1) is 0 Å². The largest absolute Gasteiger partial charge is 0.327 e. The van der Waals surface area contributed by atoms with E-state index in [0.29, 0.717) is 6.54 Å². The second-order valence-corrected chi connectivity index (χ2v) is 3.71. The van der Waals surface area contributed by atoms with E-state index in [1.807, 2.05) is 6.08 Å². The predicted octanol–water partition coefficient (Wildman–Crippen LogP) is 1.23. The lowest BCUT2D eigenvalue weighted by molar-refractivity contribution is 0.201. The van der Waals surface area contributed by atoms with Crippen molar-refractivity contribution in [1.29, 1.82) is 0 Å². The Labute approximate surface area is 75.4 Å². The van der Waals surface area contributed by atoms with Crippen LogP contribution in [0.25, 0.3) is 0 Å². The molecule has 1 aliphatic rings. The Bertz CT molecular complexity index is 143. The van der Waals surface area contributed by atoms with Crippen molar-refractivity contribution in [3.05, 3.63) is 12.2 Å². The van der Waals surface area contributed by atoms with Crippen LogP contribution >= 0.6 is 0 Å². The Morgan fingerprint density at radius 1 is 1.50 bits per heavy atom. The van der Waals surface area contributed by atoms with Gasteiger partial charge < -0.3 is 5.73 Å². The van der Waals surface area contributed by atoms with E-state index in [2.05, 4.69) is 17.9 Å². The fourth-order valence-electron chi connectivity index (χ4n) is 1.77. The maximum Gasteiger partial charge on any atom is 0.0163 e. The smallest absolute Gasteiger partial charge is 0.0163 e. The summed E-state index contributed by atoms with van der Waals surface area (Å²) in [6.07, 6.45) is 6.98. The van der Waals surface area contributed by atoms with Crippen molar-refractivity contribution < 1.29 is 0 Å². The van der Waals surface area contributed by atoms with E-state index in [4.69, 9.17) is 5.73 Å². The summed E-state index contributed by atoms with van der Waals surface area (Å²) >= 11 is 0. The summed E-state index contributed by atoms with van der Waals surface area (Å²) in [6.45, 7) is 6.61. The zero-order chi connectivity index (χ0) is 8.81. The molecule has 0 bridgehead atoms. The quantitative estimate of drug-likeness (QED) is 0.642. The zero-order valence-corrected chi connectivity index (χ0v) is 8.00. The summed E-state index contributed by atoms with van der Waals surface area (Å²) in [5.74, 6) is 0.880. The van der Waals surface area contributed by atoms with Crippen LogP contribution < -0.4 is 5.73 Å². The number of nitrogens with zero attached hydrogens (tertiary/aromatic N) is 1. The molecule has 0 amide bonds. The van der Waals surface area contributed by atoms with E-state index in [1.165, 1.54) is 25.9 Å². The molecule has 0 aliphatic carbocycles. The van der Waals surface area contributed by atoms with Crippen LogP contribution in [0, 0.1) is 5.92 Å². The van der Waals surface area contributed by atoms with Gasteiger partial charge in [-0.1, -0.05) is 19.1 Å². The van der Waals surface area contributed by atoms with E-state index >= 15 is 0 Å². The Morgan fingerprint density at radius 2 is 2.33 bits per heavy atom. The monoisotopic (exact) mass is 168 g/mol. The van der Waals surface area contributed by atoms with Crippen molar-refractivity contribution >= 4 is 0 Å². The van der Waals surface area contributed by atoms with E-state index in [-0.39, 0.29) is 0 Å². The third-order valence-electron chi connectivity index (χ3n) is 2.41. The molecule has 1 fully saturated rings. The van der Waals surface area contributed by atoms with Gasteiger partial charge in [0.25, 0.3) is 0 Å². The van der Waals surface area contributed by atoms with E-state index in [9.17, 15) is 0 Å². The first-order valence-corrected chi connectivity index (χ1v) is 4.90. The number of piperidine rings is 1. The van der Waals surface area contributed by atoms with Crippen LogP contribution in [-0.4, -0.2) is 31.1 Å². The highest BCUT2D eigenvalue weighted by atomic mass is 15.1. The molecule has 0 aromatic heterocycles. The fourth-order valence-corrected chi connectivity index (χ4v) is 1.77. The third-order valence-corrected chi connectivity index (χ3v) is 2.41. The molecule has 0 radical (unpaired) electrons. The molecule has 12 heavy (non-hydrogen) atoms. The highest BCUT2D eigenvalue weighted by Crippen LogP contribution is 2.14. The zero-order valence-electron chi connectivity index (χ0n) is 8.00. The third kappa shape index (κ3) is 3.37. The highest BCUT2D eigenvalue weighted by Gasteiger charge is 2.14. The molecule has 1 aliphatic heterocycles. The van der Waals surface area contributed by atoms with Gasteiger partial charge in [0, 0.05) is 19.6 Å². The summed E-state index contributed by atoms with van der Waals surface area (Å²) in [5, 5.41) is 0. The minimum Gasteiger partial charge on any atom is -0.327 e. The molecule has 1 rings (SSSR count). The van der Waals surface area contributed by atoms with Crippen molar-refractivity contribution in [2.75, 3.05) is 26.2 Å². The van der Waals surface area contributed by atoms with Gasteiger partial charge in [-0.05, 0) is 25.3 Å². The number of rotatable bonds is 3. The molecular formula is C10H20N2. The number of likely N-dealkylation sites (tertiary alicyclic amines) is 1. The lowest BCUT2D eigenvalue weighted by Crippen LogP contribution is -2.34. The molecule has 1 unspecified atom stereocenters. The number of nitrogens with two attached hydrogens (primary N) is 1. The first kappa shape index (κ1) is 9.75. The Morgan fingerprint density at radius 3 is 3.00 bits per heavy atom. The van der Waals surface area contributed by atoms with Crippen LogP contribution in [-0.2, 0) is 0 Å². The van der Waals surface area contributed by atoms with Crippen LogP contribution in [0.3, 0.4) is 0 Å². The molecule has 0 saturated carbocycles. The average Bonchev–Trinajstić information content (AvgIpc) is 2.05. The predicted molar refractivity (Wildman–Crippen MR) is 53.0 cm³/mol. The van der Waals surface area contributed by atoms with Crippen LogP contribution in [0.1, 0.15) is 19.8 Å². The van der Waals surface area contributed by atoms with E-state index in [1.54, 1.807) is 0 Å². The molecule has 2 heteroatoms. The van der Waals surface area contributed by atoms with Crippen molar-refractivity contribution in [1.82, 2.24) is 4.90 Å². The molecular weight excluding hydrogens is 148 g/mol. The molecule has 0 aromatic carbocycles. The van der Waals surface area contributed by atoms with Crippen LogP contribution in [0.15, 0.2) is 12.2 Å². The summed E-state index contributed by atoms with van der Waals surface area (Å²) in [4.78, 5) is 2.50. The van der Waals surface area contributed by atoms with Crippen LogP contribution in [0.4, 0.5) is 0 Å². The van der Waals surface area contributed by atoms with Gasteiger partial charge in [0.15, 0.2) is 0 Å². The van der Waals surface area contributed by atoms with E-state index in [0.717, 1.165) is 12.5 Å². The summed E-state index contributed by atoms with van der Waals surface area (Å²) < 4.78 is 0. The Hall–Kier alpha value is -0.340. The van der Waals surface area contributed by atoms with Crippen molar-refractivity contribution in [2.45, 2.75) is 19.8 Å². The summed E-state index contributed by atoms with van der Waals surface area (Å²) in [6, 6.07) is 0. The fraction of sp³-hybridized carbons (Fsp3) is 0.800. The van der Waals surface area contributed by atoms with Gasteiger partial charge in [-0.2, -0.15) is 0 Å². The second-order valence-electron chi connectivity index (χ2n) is 3.71. The second kappa shape index (κ2) is 5.33. The Balaban J connectivity index is 2.18. The number of hydrogen-bond acceptors (Lipinski definition) is 2. The minimum absolute atomic E-state index is 0.670. The number of hydrogen-bond donors (Lipinski definition) is 1. The lowest BCUT2D eigenvalue weighted by atomic mass is 10.0. The molecule has 0 spiro atoms. The minimum atomic E-state index is 0.670. The van der Waals surface area contributed by atoms with Gasteiger partial charge in [-0.3, -0.25) is 4.90 Å². The first-order valence-electron chi connectivity index (χ1n) is 4.90. The topological polar surface area (TPSA) is 29.3 Å². The molecule has 2 N–H and O–H groups in total. The Kier molecular flexibility index (Phi) is 4.33. The van der Waals surface area contributed by atoms with E-state index < -0.39 is 0 Å². The van der Waals surface area contributed by atoms with Crippen LogP contribution in [0.5, 0.6) is 0 Å². The average molecular weight is 168 g/mol. The van der Waals surface area contributed by atoms with Crippen molar-refractivity contribution in [3.63, 3.8) is 0 Å². The van der Waals surface area contributed by atoms with Gasteiger partial charge in [0.05, 0.1) is 0 Å². The SMILES string of the molecule is CC1CCCN(CC=CCN)C1. The maximum atomic E-state index is 5.37. The van der Waals surface area contributed by atoms with Gasteiger partial charge in [0.2, 0.25) is 0 Å². The first-order chi connectivity index (χ1) is 5.83. The standard InChI is InChI=1S/C10H20N2/c1-10-5-4-8-12(9-10)7-3-2-6-11/h2-3,10H,4-9,11H2,1H3. The van der Waals surface area contributed by atoms with Gasteiger partial charge in [-0.25, -0.2) is 0 Å². The molecule has 1 atom stereocenters. The maximum absolute atomic E-state index is 5.37. The van der Waals surface area contributed by atoms with Crippen molar-refractivity contribution in [3.8, 4) is 0 Å². The molecule has 0 aromatic rings. The van der Waals surface area contributed by atoms with Crippen LogP contribution in [0.2, 0.25) is 0 Å². The lowest BCUT2D eigenvalue weighted by Gasteiger charge is -2.29. The normalized spacial score (nSPS) is 26.7. The van der Waals surface area contributed by atoms with Gasteiger partial charge in [0.1, 0.15) is 0 Å².